The third-order valence-corrected chi connectivity index (χ3v) is 5.80. The van der Waals surface area contributed by atoms with E-state index in [9.17, 15) is 0 Å². The van der Waals surface area contributed by atoms with Crippen LogP contribution in [0.2, 0.25) is 0 Å². The van der Waals surface area contributed by atoms with Crippen LogP contribution in [0.4, 0.5) is 0 Å². The van der Waals surface area contributed by atoms with Crippen LogP contribution in [0, 0.1) is 0 Å². The van der Waals surface area contributed by atoms with Crippen molar-refractivity contribution in [1.29, 1.82) is 0 Å². The molecule has 4 heteroatoms. The maximum Gasteiger partial charge on any atom is 0.180 e. The van der Waals surface area contributed by atoms with Crippen molar-refractivity contribution < 1.29 is 0 Å². The number of nitrogens with zero attached hydrogens (tertiary/aromatic N) is 3. The van der Waals surface area contributed by atoms with E-state index in [1.807, 2.05) is 0 Å². The van der Waals surface area contributed by atoms with Crippen LogP contribution in [-0.2, 0) is 5.41 Å². The fourth-order valence-electron chi connectivity index (χ4n) is 3.89. The van der Waals surface area contributed by atoms with Crippen molar-refractivity contribution >= 4 is 0 Å². The van der Waals surface area contributed by atoms with Gasteiger partial charge in [-0.05, 0) is 12.8 Å². The van der Waals surface area contributed by atoms with Crippen LogP contribution in [0.25, 0.3) is 0 Å². The summed E-state index contributed by atoms with van der Waals surface area (Å²) in [6.45, 7) is 6.90. The molecular weight excluding hydrogens is 320 g/mol. The van der Waals surface area contributed by atoms with Crippen molar-refractivity contribution in [2.75, 3.05) is 0 Å². The first-order valence-electron chi connectivity index (χ1n) is 11.5. The molecule has 0 bridgehead atoms. The van der Waals surface area contributed by atoms with E-state index in [1.54, 1.807) is 0 Å². The van der Waals surface area contributed by atoms with E-state index in [0.717, 1.165) is 5.82 Å². The Labute approximate surface area is 162 Å². The molecule has 4 nitrogen and oxygen atoms in total. The number of aromatic amines is 1. The van der Waals surface area contributed by atoms with Crippen molar-refractivity contribution in [3.8, 4) is 0 Å². The van der Waals surface area contributed by atoms with Gasteiger partial charge in [0.25, 0.3) is 0 Å². The van der Waals surface area contributed by atoms with E-state index in [-0.39, 0.29) is 5.41 Å². The molecule has 0 fully saturated rings. The van der Waals surface area contributed by atoms with Crippen LogP contribution in [-0.4, -0.2) is 20.6 Å². The Hall–Kier alpha value is -0.930. The smallest absolute Gasteiger partial charge is 0.177 e. The second-order valence-corrected chi connectivity index (χ2v) is 8.39. The lowest BCUT2D eigenvalue weighted by Crippen LogP contribution is -2.24. The highest BCUT2D eigenvalue weighted by Gasteiger charge is 2.30. The van der Waals surface area contributed by atoms with Gasteiger partial charge in [-0.2, -0.15) is 5.21 Å². The van der Waals surface area contributed by atoms with Crippen molar-refractivity contribution in [3.63, 3.8) is 0 Å². The molecule has 0 spiro atoms. The van der Waals surface area contributed by atoms with Crippen molar-refractivity contribution in [3.05, 3.63) is 5.82 Å². The number of H-pyrrole nitrogens is 1. The summed E-state index contributed by atoms with van der Waals surface area (Å²) < 4.78 is 0. The second kappa shape index (κ2) is 15.2. The van der Waals surface area contributed by atoms with Gasteiger partial charge in [0.15, 0.2) is 5.82 Å². The number of unbranched alkanes of at least 4 members (excludes halogenated alkanes) is 13. The van der Waals surface area contributed by atoms with E-state index in [1.165, 1.54) is 109 Å². The Bertz CT molecular complexity index is 404. The monoisotopic (exact) mass is 364 g/mol. The van der Waals surface area contributed by atoms with Crippen molar-refractivity contribution in [2.24, 2.45) is 0 Å². The van der Waals surface area contributed by atoms with E-state index < -0.39 is 0 Å². The van der Waals surface area contributed by atoms with Gasteiger partial charge in [-0.25, -0.2) is 0 Å². The van der Waals surface area contributed by atoms with Crippen LogP contribution < -0.4 is 0 Å². The van der Waals surface area contributed by atoms with E-state index in [2.05, 4.69) is 41.4 Å². The number of rotatable bonds is 18. The minimum absolute atomic E-state index is 0.0959. The van der Waals surface area contributed by atoms with Gasteiger partial charge in [0.05, 0.1) is 0 Å². The third-order valence-electron chi connectivity index (χ3n) is 5.80. The van der Waals surface area contributed by atoms with E-state index in [0.29, 0.717) is 0 Å². The largest absolute Gasteiger partial charge is 0.180 e. The topological polar surface area (TPSA) is 54.5 Å². The van der Waals surface area contributed by atoms with E-state index in [4.69, 9.17) is 0 Å². The van der Waals surface area contributed by atoms with Crippen molar-refractivity contribution in [2.45, 2.75) is 135 Å². The summed E-state index contributed by atoms with van der Waals surface area (Å²) in [5, 5.41) is 15.1. The normalized spacial score (nSPS) is 13.8. The van der Waals surface area contributed by atoms with Crippen LogP contribution in [0.3, 0.4) is 0 Å². The van der Waals surface area contributed by atoms with Gasteiger partial charge in [-0.1, -0.05) is 122 Å². The fraction of sp³-hybridized carbons (Fsp3) is 0.955. The molecule has 1 rings (SSSR count). The summed E-state index contributed by atoms with van der Waals surface area (Å²) in [6, 6.07) is 0. The Morgan fingerprint density at radius 3 is 1.46 bits per heavy atom. The van der Waals surface area contributed by atoms with E-state index >= 15 is 0 Å². The average Bonchev–Trinajstić information content (AvgIpc) is 3.19. The van der Waals surface area contributed by atoms with Gasteiger partial charge in [0, 0.05) is 5.41 Å². The number of hydrogen-bond acceptors (Lipinski definition) is 3. The SMILES string of the molecule is CCCCCCCCCCC(C)(CCCCCCCCC)c1nn[nH]n1. The molecule has 152 valence electrons. The quantitative estimate of drug-likeness (QED) is 0.282. The number of aromatic nitrogens is 4. The molecule has 0 aliphatic heterocycles. The predicted molar refractivity (Wildman–Crippen MR) is 111 cm³/mol. The lowest BCUT2D eigenvalue weighted by Gasteiger charge is -2.26. The van der Waals surface area contributed by atoms with Crippen LogP contribution in [0.5, 0.6) is 0 Å². The summed E-state index contributed by atoms with van der Waals surface area (Å²) >= 11 is 0. The molecule has 0 saturated carbocycles. The fourth-order valence-corrected chi connectivity index (χ4v) is 3.89. The third kappa shape index (κ3) is 10.3. The van der Waals surface area contributed by atoms with Gasteiger partial charge >= 0.3 is 0 Å². The molecule has 0 aliphatic rings. The summed E-state index contributed by atoms with van der Waals surface area (Å²) in [5.74, 6) is 0.923. The first kappa shape index (κ1) is 23.1. The molecule has 0 amide bonds. The molecule has 1 aromatic rings. The molecule has 1 atom stereocenters. The first-order chi connectivity index (χ1) is 12.7. The van der Waals surface area contributed by atoms with Gasteiger partial charge in [-0.3, -0.25) is 0 Å². The standard InChI is InChI=1S/C22H44N4/c1-4-6-8-10-12-14-16-18-20-22(3,21-23-25-26-24-21)19-17-15-13-11-9-7-5-2/h4-20H2,1-3H3,(H,23,24,25,26). The highest BCUT2D eigenvalue weighted by molar-refractivity contribution is 5.02. The second-order valence-electron chi connectivity index (χ2n) is 8.39. The predicted octanol–water partition coefficient (Wildman–Crippen LogP) is 7.13. The zero-order valence-corrected chi connectivity index (χ0v) is 17.9. The van der Waals surface area contributed by atoms with Gasteiger partial charge < -0.3 is 0 Å². The molecule has 0 aromatic carbocycles. The Kier molecular flexibility index (Phi) is 13.5. The average molecular weight is 365 g/mol. The first-order valence-corrected chi connectivity index (χ1v) is 11.5. The van der Waals surface area contributed by atoms with Crippen LogP contribution in [0.1, 0.15) is 136 Å². The molecule has 0 saturated heterocycles. The molecule has 1 aromatic heterocycles. The number of nitrogens with one attached hydrogen (secondary N) is 1. The maximum atomic E-state index is 4.33. The summed E-state index contributed by atoms with van der Waals surface area (Å²) in [5.41, 5.74) is 0.0959. The van der Waals surface area contributed by atoms with Gasteiger partial charge in [-0.15, -0.1) is 10.2 Å². The highest BCUT2D eigenvalue weighted by Crippen LogP contribution is 2.33. The number of tetrazole rings is 1. The summed E-state index contributed by atoms with van der Waals surface area (Å²) in [7, 11) is 0. The summed E-state index contributed by atoms with van der Waals surface area (Å²) in [6.07, 6.45) is 22.9. The summed E-state index contributed by atoms with van der Waals surface area (Å²) in [4.78, 5) is 0. The zero-order valence-electron chi connectivity index (χ0n) is 17.9. The Morgan fingerprint density at radius 1 is 0.654 bits per heavy atom. The molecule has 0 aliphatic carbocycles. The van der Waals surface area contributed by atoms with Gasteiger partial charge in [0.1, 0.15) is 0 Å². The van der Waals surface area contributed by atoms with Crippen LogP contribution in [0.15, 0.2) is 0 Å². The molecule has 26 heavy (non-hydrogen) atoms. The molecular formula is C22H44N4. The molecule has 0 radical (unpaired) electrons. The Morgan fingerprint density at radius 2 is 1.08 bits per heavy atom. The van der Waals surface area contributed by atoms with Gasteiger partial charge in [0.2, 0.25) is 0 Å². The van der Waals surface area contributed by atoms with Crippen LogP contribution >= 0.6 is 0 Å². The number of hydrogen-bond donors (Lipinski definition) is 1. The lowest BCUT2D eigenvalue weighted by molar-refractivity contribution is 0.344. The zero-order chi connectivity index (χ0) is 18.9. The minimum atomic E-state index is 0.0959. The molecule has 1 unspecified atom stereocenters. The lowest BCUT2D eigenvalue weighted by atomic mass is 9.79. The molecule has 1 heterocycles. The minimum Gasteiger partial charge on any atom is -0.177 e. The maximum absolute atomic E-state index is 4.33. The Balaban J connectivity index is 2.24. The highest BCUT2D eigenvalue weighted by atomic mass is 15.5. The molecule has 1 N–H and O–H groups in total. The van der Waals surface area contributed by atoms with Crippen molar-refractivity contribution in [1.82, 2.24) is 20.6 Å².